The van der Waals surface area contributed by atoms with Crippen LogP contribution in [0.5, 0.6) is 0 Å². The zero-order valence-corrected chi connectivity index (χ0v) is 10.4. The van der Waals surface area contributed by atoms with Crippen molar-refractivity contribution in [1.29, 1.82) is 0 Å². The number of carbonyl (C=O) groups is 1. The molecule has 0 aliphatic heterocycles. The van der Waals surface area contributed by atoms with E-state index in [0.29, 0.717) is 12.2 Å². The number of benzene rings is 1. The van der Waals surface area contributed by atoms with Crippen LogP contribution in [-0.4, -0.2) is 22.1 Å². The lowest BCUT2D eigenvalue weighted by atomic mass is 10.1. The molecule has 0 saturated carbocycles. The van der Waals surface area contributed by atoms with E-state index in [2.05, 4.69) is 22.6 Å². The highest BCUT2D eigenvalue weighted by atomic mass is 127. The minimum atomic E-state index is -0.896. The summed E-state index contributed by atoms with van der Waals surface area (Å²) in [5.74, 6) is -0.896. The number of hydrogen-bond acceptors (Lipinski definition) is 2. The summed E-state index contributed by atoms with van der Waals surface area (Å²) in [5.41, 5.74) is 1.32. The van der Waals surface area contributed by atoms with Crippen LogP contribution in [0.1, 0.15) is 22.3 Å². The molecule has 1 aromatic rings. The molecular weight excluding hydrogens is 307 g/mol. The molecule has 0 bridgehead atoms. The monoisotopic (exact) mass is 320 g/mol. The maximum Gasteiger partial charge on any atom is 0.335 e. The first-order valence-corrected chi connectivity index (χ1v) is 6.22. The van der Waals surface area contributed by atoms with E-state index >= 15 is 0 Å². The van der Waals surface area contributed by atoms with Crippen LogP contribution in [0.3, 0.4) is 0 Å². The van der Waals surface area contributed by atoms with Crippen LogP contribution in [0.15, 0.2) is 24.3 Å². The lowest BCUT2D eigenvalue weighted by Gasteiger charge is -2.03. The summed E-state index contributed by atoms with van der Waals surface area (Å²) in [6, 6.07) is 6.76. The molecular formula is C11H13IO3. The van der Waals surface area contributed by atoms with Crippen LogP contribution in [-0.2, 0) is 11.3 Å². The molecule has 0 atom stereocenters. The van der Waals surface area contributed by atoms with Gasteiger partial charge in [-0.25, -0.2) is 4.79 Å². The Kier molecular flexibility index (Phi) is 5.63. The van der Waals surface area contributed by atoms with Gasteiger partial charge in [0, 0.05) is 11.0 Å². The number of carboxylic acid groups (broad SMARTS) is 1. The Labute approximate surface area is 103 Å². The predicted molar refractivity (Wildman–Crippen MR) is 66.6 cm³/mol. The summed E-state index contributed by atoms with van der Waals surface area (Å²) < 4.78 is 6.50. The van der Waals surface area contributed by atoms with Crippen molar-refractivity contribution < 1.29 is 14.6 Å². The molecule has 0 aliphatic rings. The summed E-state index contributed by atoms with van der Waals surface area (Å²) in [6.07, 6.45) is 1.05. The normalized spacial score (nSPS) is 10.2. The highest BCUT2D eigenvalue weighted by Gasteiger charge is 2.01. The quantitative estimate of drug-likeness (QED) is 0.498. The van der Waals surface area contributed by atoms with Crippen molar-refractivity contribution in [3.63, 3.8) is 0 Å². The Morgan fingerprint density at radius 1 is 1.33 bits per heavy atom. The molecule has 0 unspecified atom stereocenters. The van der Waals surface area contributed by atoms with E-state index in [4.69, 9.17) is 9.84 Å². The second kappa shape index (κ2) is 6.79. The van der Waals surface area contributed by atoms with Gasteiger partial charge < -0.3 is 9.84 Å². The fourth-order valence-corrected chi connectivity index (χ4v) is 1.40. The van der Waals surface area contributed by atoms with Crippen molar-refractivity contribution in [1.82, 2.24) is 0 Å². The Balaban J connectivity index is 2.39. The second-order valence-electron chi connectivity index (χ2n) is 3.10. The van der Waals surface area contributed by atoms with Crippen molar-refractivity contribution in [2.45, 2.75) is 13.0 Å². The van der Waals surface area contributed by atoms with Gasteiger partial charge in [-0.3, -0.25) is 0 Å². The van der Waals surface area contributed by atoms with Crippen LogP contribution < -0.4 is 0 Å². The second-order valence-corrected chi connectivity index (χ2v) is 4.18. The molecule has 0 aliphatic carbocycles. The third-order valence-corrected chi connectivity index (χ3v) is 2.65. The number of alkyl halides is 1. The summed E-state index contributed by atoms with van der Waals surface area (Å²) in [6.45, 7) is 1.31. The molecule has 1 rings (SSSR count). The fourth-order valence-electron chi connectivity index (χ4n) is 1.09. The first-order chi connectivity index (χ1) is 7.24. The number of carboxylic acids is 1. The van der Waals surface area contributed by atoms with E-state index in [1.54, 1.807) is 24.3 Å². The maximum absolute atomic E-state index is 10.6. The van der Waals surface area contributed by atoms with E-state index in [0.717, 1.165) is 23.0 Å². The first-order valence-electron chi connectivity index (χ1n) is 4.70. The number of rotatable bonds is 6. The lowest BCUT2D eigenvalue weighted by molar-refractivity contribution is 0.0696. The zero-order valence-electron chi connectivity index (χ0n) is 8.28. The number of hydrogen-bond donors (Lipinski definition) is 1. The van der Waals surface area contributed by atoms with Crippen molar-refractivity contribution in [3.05, 3.63) is 35.4 Å². The minimum Gasteiger partial charge on any atom is -0.478 e. The van der Waals surface area contributed by atoms with E-state index in [1.165, 1.54) is 0 Å². The summed E-state index contributed by atoms with van der Waals surface area (Å²) in [7, 11) is 0. The average molecular weight is 320 g/mol. The van der Waals surface area contributed by atoms with Crippen molar-refractivity contribution >= 4 is 28.6 Å². The van der Waals surface area contributed by atoms with Crippen LogP contribution in [0.25, 0.3) is 0 Å². The number of ether oxygens (including phenoxy) is 1. The molecule has 82 valence electrons. The third-order valence-electron chi connectivity index (χ3n) is 1.89. The molecule has 0 radical (unpaired) electrons. The molecule has 3 nitrogen and oxygen atoms in total. The van der Waals surface area contributed by atoms with Gasteiger partial charge in [0.15, 0.2) is 0 Å². The van der Waals surface area contributed by atoms with Gasteiger partial charge in [-0.15, -0.1) is 0 Å². The standard InChI is InChI=1S/C11H13IO3/c12-6-1-7-15-8-9-2-4-10(5-3-9)11(13)14/h2-5H,1,6-8H2,(H,13,14). The van der Waals surface area contributed by atoms with Gasteiger partial charge in [-0.2, -0.15) is 0 Å². The summed E-state index contributed by atoms with van der Waals surface area (Å²) in [4.78, 5) is 10.6. The van der Waals surface area contributed by atoms with E-state index < -0.39 is 5.97 Å². The van der Waals surface area contributed by atoms with Crippen LogP contribution in [0.2, 0.25) is 0 Å². The summed E-state index contributed by atoms with van der Waals surface area (Å²) >= 11 is 2.31. The SMILES string of the molecule is O=C(O)c1ccc(COCCCI)cc1. The smallest absolute Gasteiger partial charge is 0.335 e. The molecule has 0 spiro atoms. The average Bonchev–Trinajstić information content (AvgIpc) is 2.25. The molecule has 0 saturated heterocycles. The summed E-state index contributed by atoms with van der Waals surface area (Å²) in [5, 5.41) is 8.69. The first kappa shape index (κ1) is 12.4. The maximum atomic E-state index is 10.6. The van der Waals surface area contributed by atoms with Crippen molar-refractivity contribution in [2.24, 2.45) is 0 Å². The topological polar surface area (TPSA) is 46.5 Å². The predicted octanol–water partition coefficient (Wildman–Crippen LogP) is 2.73. The number of aromatic carboxylic acids is 1. The van der Waals surface area contributed by atoms with Crippen LogP contribution in [0, 0.1) is 0 Å². The Bertz CT molecular complexity index is 308. The Morgan fingerprint density at radius 3 is 2.53 bits per heavy atom. The van der Waals surface area contributed by atoms with Gasteiger partial charge in [-0.05, 0) is 24.1 Å². The molecule has 15 heavy (non-hydrogen) atoms. The van der Waals surface area contributed by atoms with Gasteiger partial charge in [0.2, 0.25) is 0 Å². The molecule has 1 aromatic carbocycles. The number of halogens is 1. The molecule has 0 aromatic heterocycles. The minimum absolute atomic E-state index is 0.311. The van der Waals surface area contributed by atoms with Crippen molar-refractivity contribution in [2.75, 3.05) is 11.0 Å². The molecule has 0 amide bonds. The zero-order chi connectivity index (χ0) is 11.1. The van der Waals surface area contributed by atoms with Gasteiger partial charge >= 0.3 is 5.97 Å². The molecule has 1 N–H and O–H groups in total. The lowest BCUT2D eigenvalue weighted by Crippen LogP contribution is -1.98. The largest absolute Gasteiger partial charge is 0.478 e. The van der Waals surface area contributed by atoms with E-state index in [-0.39, 0.29) is 0 Å². The van der Waals surface area contributed by atoms with Crippen molar-refractivity contribution in [3.8, 4) is 0 Å². The van der Waals surface area contributed by atoms with Crippen LogP contribution in [0.4, 0.5) is 0 Å². The fraction of sp³-hybridized carbons (Fsp3) is 0.364. The van der Waals surface area contributed by atoms with Gasteiger partial charge in [0.1, 0.15) is 0 Å². The molecule has 0 fully saturated rings. The van der Waals surface area contributed by atoms with E-state index in [1.807, 2.05) is 0 Å². The van der Waals surface area contributed by atoms with Gasteiger partial charge in [0.05, 0.1) is 12.2 Å². The van der Waals surface area contributed by atoms with Crippen LogP contribution >= 0.6 is 22.6 Å². The van der Waals surface area contributed by atoms with E-state index in [9.17, 15) is 4.79 Å². The Morgan fingerprint density at radius 2 is 2.00 bits per heavy atom. The highest BCUT2D eigenvalue weighted by molar-refractivity contribution is 14.1. The highest BCUT2D eigenvalue weighted by Crippen LogP contribution is 2.06. The third kappa shape index (κ3) is 4.61. The van der Waals surface area contributed by atoms with Gasteiger partial charge in [0.25, 0.3) is 0 Å². The molecule has 0 heterocycles. The van der Waals surface area contributed by atoms with Gasteiger partial charge in [-0.1, -0.05) is 34.7 Å². The Hall–Kier alpha value is -0.620. The molecule has 4 heteroatoms.